The number of hydrogen-bond acceptors (Lipinski definition) is 7. The van der Waals surface area contributed by atoms with Crippen LogP contribution in [-0.2, 0) is 14.3 Å². The van der Waals surface area contributed by atoms with Gasteiger partial charge >= 0.3 is 5.97 Å². The smallest absolute Gasteiger partial charge is 0.338 e. The van der Waals surface area contributed by atoms with Crippen molar-refractivity contribution in [3.63, 3.8) is 0 Å². The monoisotopic (exact) mass is 493 g/mol. The van der Waals surface area contributed by atoms with E-state index in [1.54, 1.807) is 6.92 Å². The molecule has 3 amide bonds. The molecule has 0 N–H and O–H groups in total. The average Bonchev–Trinajstić information content (AvgIpc) is 3.18. The van der Waals surface area contributed by atoms with E-state index in [0.29, 0.717) is 24.1 Å². The summed E-state index contributed by atoms with van der Waals surface area (Å²) in [7, 11) is 0. The fraction of sp³-hybridized carbons (Fsp3) is 0.385. The summed E-state index contributed by atoms with van der Waals surface area (Å²) in [5, 5.41) is 11.2. The lowest BCUT2D eigenvalue weighted by atomic mass is 9.92. The SMILES string of the molecule is CCOC(=O)c1ccc(N2C(=O)CC(N(C(=O)c3cccc([N+](=O)[O-])c3)C3CCCCC3)C2=O)cc1. The first-order chi connectivity index (χ1) is 17.3. The summed E-state index contributed by atoms with van der Waals surface area (Å²) in [6.07, 6.45) is 3.98. The molecular weight excluding hydrogens is 466 g/mol. The molecule has 0 radical (unpaired) electrons. The first kappa shape index (κ1) is 25.0. The number of non-ortho nitro benzene ring substituents is 1. The summed E-state index contributed by atoms with van der Waals surface area (Å²) in [4.78, 5) is 65.3. The van der Waals surface area contributed by atoms with Gasteiger partial charge in [-0.3, -0.25) is 24.5 Å². The van der Waals surface area contributed by atoms with Crippen molar-refractivity contribution < 1.29 is 28.8 Å². The number of nitrogens with zero attached hydrogens (tertiary/aromatic N) is 3. The highest BCUT2D eigenvalue weighted by atomic mass is 16.6. The molecule has 1 saturated carbocycles. The number of anilines is 1. The molecule has 188 valence electrons. The van der Waals surface area contributed by atoms with E-state index in [1.165, 1.54) is 53.4 Å². The van der Waals surface area contributed by atoms with Crippen LogP contribution in [0.15, 0.2) is 48.5 Å². The third-order valence-electron chi connectivity index (χ3n) is 6.60. The van der Waals surface area contributed by atoms with Gasteiger partial charge in [-0.1, -0.05) is 25.3 Å². The van der Waals surface area contributed by atoms with Crippen molar-refractivity contribution in [2.45, 2.75) is 57.5 Å². The summed E-state index contributed by atoms with van der Waals surface area (Å²) in [6.45, 7) is 1.92. The number of imide groups is 1. The van der Waals surface area contributed by atoms with Crippen molar-refractivity contribution in [3.05, 3.63) is 69.8 Å². The highest BCUT2D eigenvalue weighted by Crippen LogP contribution is 2.32. The number of amides is 3. The van der Waals surface area contributed by atoms with Crippen LogP contribution in [0.5, 0.6) is 0 Å². The zero-order chi connectivity index (χ0) is 25.8. The van der Waals surface area contributed by atoms with Crippen molar-refractivity contribution in [2.75, 3.05) is 11.5 Å². The molecule has 1 unspecified atom stereocenters. The van der Waals surface area contributed by atoms with Crippen LogP contribution in [-0.4, -0.2) is 52.2 Å². The van der Waals surface area contributed by atoms with Gasteiger partial charge < -0.3 is 9.64 Å². The second kappa shape index (κ2) is 10.7. The molecule has 2 aromatic rings. The van der Waals surface area contributed by atoms with Gasteiger partial charge in [0.2, 0.25) is 5.91 Å². The molecule has 0 bridgehead atoms. The Morgan fingerprint density at radius 2 is 1.75 bits per heavy atom. The summed E-state index contributed by atoms with van der Waals surface area (Å²) in [6, 6.07) is 10.1. The van der Waals surface area contributed by atoms with Crippen molar-refractivity contribution in [1.29, 1.82) is 0 Å². The fourth-order valence-electron chi connectivity index (χ4n) is 4.89. The van der Waals surface area contributed by atoms with Gasteiger partial charge in [0.15, 0.2) is 0 Å². The lowest BCUT2D eigenvalue weighted by Gasteiger charge is -2.37. The van der Waals surface area contributed by atoms with Crippen LogP contribution in [0.2, 0.25) is 0 Å². The second-order valence-electron chi connectivity index (χ2n) is 8.87. The molecule has 1 heterocycles. The molecule has 36 heavy (non-hydrogen) atoms. The van der Waals surface area contributed by atoms with Gasteiger partial charge in [0.05, 0.1) is 29.2 Å². The molecule has 0 spiro atoms. The molecule has 2 fully saturated rings. The van der Waals surface area contributed by atoms with Crippen molar-refractivity contribution >= 4 is 35.1 Å². The number of hydrogen-bond donors (Lipinski definition) is 0. The number of rotatable bonds is 7. The van der Waals surface area contributed by atoms with Crippen molar-refractivity contribution in [1.82, 2.24) is 4.90 Å². The Kier molecular flexibility index (Phi) is 7.42. The molecule has 1 atom stereocenters. The maximum atomic E-state index is 13.7. The molecule has 1 aliphatic heterocycles. The van der Waals surface area contributed by atoms with E-state index < -0.39 is 34.7 Å². The predicted molar refractivity (Wildman–Crippen MR) is 129 cm³/mol. The summed E-state index contributed by atoms with van der Waals surface area (Å²) in [5.74, 6) is -2.00. The number of carbonyl (C=O) groups excluding carboxylic acids is 4. The highest BCUT2D eigenvalue weighted by molar-refractivity contribution is 6.23. The van der Waals surface area contributed by atoms with E-state index in [0.717, 1.165) is 24.2 Å². The first-order valence-corrected chi connectivity index (χ1v) is 12.0. The molecule has 2 aliphatic rings. The van der Waals surface area contributed by atoms with Gasteiger partial charge in [0.25, 0.3) is 17.5 Å². The van der Waals surface area contributed by atoms with Crippen LogP contribution < -0.4 is 4.90 Å². The average molecular weight is 494 g/mol. The largest absolute Gasteiger partial charge is 0.462 e. The van der Waals surface area contributed by atoms with E-state index in [2.05, 4.69) is 0 Å². The maximum absolute atomic E-state index is 13.7. The number of nitro groups is 1. The predicted octanol–water partition coefficient (Wildman–Crippen LogP) is 3.88. The van der Waals surface area contributed by atoms with Crippen LogP contribution in [0.4, 0.5) is 11.4 Å². The Morgan fingerprint density at radius 3 is 2.39 bits per heavy atom. The molecule has 1 aliphatic carbocycles. The zero-order valence-corrected chi connectivity index (χ0v) is 19.9. The van der Waals surface area contributed by atoms with Crippen LogP contribution >= 0.6 is 0 Å². The quantitative estimate of drug-likeness (QED) is 0.248. The standard InChI is InChI=1S/C26H27N3O7/c1-2-36-26(33)17-11-13-20(14-12-17)28-23(30)16-22(25(28)32)27(19-8-4-3-5-9-19)24(31)18-7-6-10-21(15-18)29(34)35/h6-7,10-15,19,22H,2-5,8-9,16H2,1H3. The lowest BCUT2D eigenvalue weighted by molar-refractivity contribution is -0.384. The molecular formula is C26H27N3O7. The van der Waals surface area contributed by atoms with Crippen LogP contribution in [0.3, 0.4) is 0 Å². The van der Waals surface area contributed by atoms with E-state index in [1.807, 2.05) is 0 Å². The molecule has 10 heteroatoms. The number of ether oxygens (including phenoxy) is 1. The van der Waals surface area contributed by atoms with Gasteiger partial charge in [0.1, 0.15) is 6.04 Å². The fourth-order valence-corrected chi connectivity index (χ4v) is 4.89. The topological polar surface area (TPSA) is 127 Å². The van der Waals surface area contributed by atoms with E-state index in [4.69, 9.17) is 4.74 Å². The third-order valence-corrected chi connectivity index (χ3v) is 6.60. The number of carbonyl (C=O) groups is 4. The van der Waals surface area contributed by atoms with Crippen molar-refractivity contribution in [2.24, 2.45) is 0 Å². The minimum Gasteiger partial charge on any atom is -0.462 e. The Hall–Kier alpha value is -4.08. The molecule has 0 aromatic heterocycles. The number of nitro benzene ring substituents is 1. The van der Waals surface area contributed by atoms with E-state index >= 15 is 0 Å². The third kappa shape index (κ3) is 4.98. The van der Waals surface area contributed by atoms with Gasteiger partial charge in [-0.2, -0.15) is 0 Å². The summed E-state index contributed by atoms with van der Waals surface area (Å²) >= 11 is 0. The van der Waals surface area contributed by atoms with Gasteiger partial charge in [-0.15, -0.1) is 0 Å². The Labute approximate surface area is 208 Å². The normalized spacial score (nSPS) is 18.2. The minimum absolute atomic E-state index is 0.104. The number of benzene rings is 2. The first-order valence-electron chi connectivity index (χ1n) is 12.0. The Bertz CT molecular complexity index is 1190. The van der Waals surface area contributed by atoms with Gasteiger partial charge in [-0.05, 0) is 50.1 Å². The number of esters is 1. The second-order valence-corrected chi connectivity index (χ2v) is 8.87. The zero-order valence-electron chi connectivity index (χ0n) is 19.9. The molecule has 10 nitrogen and oxygen atoms in total. The molecule has 1 saturated heterocycles. The Balaban J connectivity index is 1.64. The maximum Gasteiger partial charge on any atom is 0.338 e. The van der Waals surface area contributed by atoms with Crippen LogP contribution in [0, 0.1) is 10.1 Å². The Morgan fingerprint density at radius 1 is 1.06 bits per heavy atom. The van der Waals surface area contributed by atoms with Crippen LogP contribution in [0.25, 0.3) is 0 Å². The highest BCUT2D eigenvalue weighted by Gasteiger charge is 2.46. The lowest BCUT2D eigenvalue weighted by Crippen LogP contribution is -2.51. The van der Waals surface area contributed by atoms with E-state index in [9.17, 15) is 29.3 Å². The summed E-state index contributed by atoms with van der Waals surface area (Å²) in [5.41, 5.74) is 0.474. The van der Waals surface area contributed by atoms with Crippen LogP contribution in [0.1, 0.15) is 66.2 Å². The van der Waals surface area contributed by atoms with Gasteiger partial charge in [-0.25, -0.2) is 9.69 Å². The molecule has 2 aromatic carbocycles. The minimum atomic E-state index is -1.02. The molecule has 4 rings (SSSR count). The van der Waals surface area contributed by atoms with Gasteiger partial charge in [0, 0.05) is 23.7 Å². The van der Waals surface area contributed by atoms with Crippen molar-refractivity contribution in [3.8, 4) is 0 Å². The summed E-state index contributed by atoms with van der Waals surface area (Å²) < 4.78 is 4.97. The van der Waals surface area contributed by atoms with E-state index in [-0.39, 0.29) is 30.3 Å².